The molecule has 1 unspecified atom stereocenters. The number of carbonyl (C=O) groups excluding carboxylic acids is 1. The third-order valence-electron chi connectivity index (χ3n) is 2.77. The molecule has 0 spiro atoms. The Labute approximate surface area is 100 Å². The average molecular weight is 233 g/mol. The van der Waals surface area contributed by atoms with Gasteiger partial charge in [0.25, 0.3) is 0 Å². The zero-order valence-electron chi connectivity index (χ0n) is 8.90. The van der Waals surface area contributed by atoms with E-state index in [1.807, 2.05) is 30.3 Å². The van der Waals surface area contributed by atoms with Gasteiger partial charge >= 0.3 is 0 Å². The predicted molar refractivity (Wildman–Crippen MR) is 66.7 cm³/mol. The van der Waals surface area contributed by atoms with Gasteiger partial charge in [0.15, 0.2) is 0 Å². The molecule has 1 aliphatic rings. The summed E-state index contributed by atoms with van der Waals surface area (Å²) < 4.78 is 0. The molecule has 1 nitrogen and oxygen atoms in total. The Morgan fingerprint density at radius 3 is 2.94 bits per heavy atom. The summed E-state index contributed by atoms with van der Waals surface area (Å²) in [6.07, 6.45) is 8.98. The number of benzene rings is 1. The van der Waals surface area contributed by atoms with E-state index in [2.05, 4.69) is 12.2 Å². The van der Waals surface area contributed by atoms with Crippen LogP contribution in [0.25, 0.3) is 0 Å². The van der Waals surface area contributed by atoms with Crippen LogP contribution in [0, 0.1) is 0 Å². The number of carbonyl (C=O) groups is 1. The number of hydrogen-bond acceptors (Lipinski definition) is 1. The molecule has 0 saturated heterocycles. The number of rotatable bonds is 4. The van der Waals surface area contributed by atoms with Crippen LogP contribution < -0.4 is 0 Å². The van der Waals surface area contributed by atoms with Crippen LogP contribution in [0.5, 0.6) is 0 Å². The first-order valence-corrected chi connectivity index (χ1v) is 5.72. The molecule has 1 aromatic rings. The van der Waals surface area contributed by atoms with Gasteiger partial charge < -0.3 is 4.79 Å². The minimum absolute atomic E-state index is 0.0788. The van der Waals surface area contributed by atoms with Gasteiger partial charge in [0.1, 0.15) is 6.29 Å². The van der Waals surface area contributed by atoms with Crippen molar-refractivity contribution >= 4 is 17.9 Å². The molecule has 1 atom stereocenters. The Kier molecular flexibility index (Phi) is 3.58. The molecule has 0 N–H and O–H groups in total. The van der Waals surface area contributed by atoms with E-state index in [0.29, 0.717) is 5.02 Å². The smallest absolute Gasteiger partial charge is 0.127 e. The fourth-order valence-corrected chi connectivity index (χ4v) is 2.11. The molecular weight excluding hydrogens is 220 g/mol. The van der Waals surface area contributed by atoms with Crippen LogP contribution in [0.15, 0.2) is 48.1 Å². The third-order valence-corrected chi connectivity index (χ3v) is 3.01. The highest BCUT2D eigenvalue weighted by Crippen LogP contribution is 2.27. The van der Waals surface area contributed by atoms with Crippen molar-refractivity contribution in [3.05, 3.63) is 58.7 Å². The van der Waals surface area contributed by atoms with Crippen molar-refractivity contribution in [2.24, 2.45) is 0 Å². The molecule has 16 heavy (non-hydrogen) atoms. The molecule has 2 rings (SSSR count). The molecule has 0 heterocycles. The molecule has 1 aliphatic carbocycles. The van der Waals surface area contributed by atoms with E-state index in [1.165, 1.54) is 5.57 Å². The van der Waals surface area contributed by atoms with E-state index < -0.39 is 0 Å². The van der Waals surface area contributed by atoms with Crippen LogP contribution in [-0.4, -0.2) is 6.29 Å². The maximum Gasteiger partial charge on any atom is 0.127 e. The summed E-state index contributed by atoms with van der Waals surface area (Å²) in [5.74, 6) is -0.0788. The first kappa shape index (κ1) is 11.2. The van der Waals surface area contributed by atoms with Gasteiger partial charge in [-0.2, -0.15) is 0 Å². The highest BCUT2D eigenvalue weighted by atomic mass is 35.5. The van der Waals surface area contributed by atoms with Gasteiger partial charge in [-0.05, 0) is 30.5 Å². The summed E-state index contributed by atoms with van der Waals surface area (Å²) in [6, 6.07) is 7.52. The van der Waals surface area contributed by atoms with Gasteiger partial charge in [0.2, 0.25) is 0 Å². The van der Waals surface area contributed by atoms with Crippen molar-refractivity contribution in [2.45, 2.75) is 18.8 Å². The fraction of sp³-hybridized carbons (Fsp3) is 0.214. The number of aldehydes is 1. The summed E-state index contributed by atoms with van der Waals surface area (Å²) in [4.78, 5) is 11.1. The van der Waals surface area contributed by atoms with Crippen molar-refractivity contribution < 1.29 is 4.79 Å². The van der Waals surface area contributed by atoms with Crippen LogP contribution >= 0.6 is 11.6 Å². The quantitative estimate of drug-likeness (QED) is 0.720. The zero-order valence-corrected chi connectivity index (χ0v) is 9.65. The van der Waals surface area contributed by atoms with Crippen LogP contribution in [-0.2, 0) is 4.79 Å². The summed E-state index contributed by atoms with van der Waals surface area (Å²) in [5, 5.41) is 0.683. The molecule has 0 aliphatic heterocycles. The van der Waals surface area contributed by atoms with Crippen LogP contribution in [0.2, 0.25) is 5.02 Å². The first-order valence-electron chi connectivity index (χ1n) is 5.35. The van der Waals surface area contributed by atoms with Crippen LogP contribution in [0.1, 0.15) is 24.3 Å². The Bertz CT molecular complexity index is 446. The van der Waals surface area contributed by atoms with Gasteiger partial charge in [0, 0.05) is 10.9 Å². The Morgan fingerprint density at radius 1 is 1.44 bits per heavy atom. The van der Waals surface area contributed by atoms with E-state index in [0.717, 1.165) is 24.7 Å². The molecular formula is C14H13ClO. The lowest BCUT2D eigenvalue weighted by Gasteiger charge is -2.11. The second-order valence-corrected chi connectivity index (χ2v) is 4.40. The second-order valence-electron chi connectivity index (χ2n) is 3.96. The topological polar surface area (TPSA) is 17.1 Å². The molecule has 0 amide bonds. The highest BCUT2D eigenvalue weighted by Gasteiger charge is 2.13. The van der Waals surface area contributed by atoms with Gasteiger partial charge in [0.05, 0.1) is 0 Å². The van der Waals surface area contributed by atoms with Crippen molar-refractivity contribution in [2.75, 3.05) is 0 Å². The van der Waals surface area contributed by atoms with Gasteiger partial charge in [-0.15, -0.1) is 0 Å². The Hall–Kier alpha value is -1.34. The number of hydrogen-bond donors (Lipinski definition) is 0. The highest BCUT2D eigenvalue weighted by molar-refractivity contribution is 6.30. The molecule has 0 bridgehead atoms. The van der Waals surface area contributed by atoms with E-state index in [1.54, 1.807) is 0 Å². The summed E-state index contributed by atoms with van der Waals surface area (Å²) in [5.41, 5.74) is 2.30. The van der Waals surface area contributed by atoms with E-state index in [9.17, 15) is 4.79 Å². The molecule has 82 valence electrons. The van der Waals surface area contributed by atoms with E-state index in [4.69, 9.17) is 11.6 Å². The SMILES string of the molecule is O=CC(CC1=CC=CC1)c1cccc(Cl)c1. The predicted octanol–water partition coefficient (Wildman–Crippen LogP) is 3.90. The minimum Gasteiger partial charge on any atom is -0.303 e. The average Bonchev–Trinajstić information content (AvgIpc) is 2.78. The number of allylic oxidation sites excluding steroid dienone is 4. The maximum absolute atomic E-state index is 11.1. The molecule has 0 saturated carbocycles. The molecule has 0 aromatic heterocycles. The Balaban J connectivity index is 2.13. The molecule has 0 radical (unpaired) electrons. The zero-order chi connectivity index (χ0) is 11.4. The summed E-state index contributed by atoms with van der Waals surface area (Å²) >= 11 is 5.92. The van der Waals surface area contributed by atoms with Crippen LogP contribution in [0.3, 0.4) is 0 Å². The molecule has 0 fully saturated rings. The third kappa shape index (κ3) is 2.61. The van der Waals surface area contributed by atoms with Gasteiger partial charge in [-0.1, -0.05) is 47.5 Å². The van der Waals surface area contributed by atoms with Crippen molar-refractivity contribution in [3.63, 3.8) is 0 Å². The van der Waals surface area contributed by atoms with Crippen LogP contribution in [0.4, 0.5) is 0 Å². The fourth-order valence-electron chi connectivity index (χ4n) is 1.91. The minimum atomic E-state index is -0.0788. The van der Waals surface area contributed by atoms with E-state index >= 15 is 0 Å². The summed E-state index contributed by atoms with van der Waals surface area (Å²) in [6.45, 7) is 0. The van der Waals surface area contributed by atoms with Crippen molar-refractivity contribution in [1.82, 2.24) is 0 Å². The lowest BCUT2D eigenvalue weighted by atomic mass is 9.93. The Morgan fingerprint density at radius 2 is 2.31 bits per heavy atom. The first-order chi connectivity index (χ1) is 7.79. The van der Waals surface area contributed by atoms with Gasteiger partial charge in [-0.25, -0.2) is 0 Å². The maximum atomic E-state index is 11.1. The van der Waals surface area contributed by atoms with Gasteiger partial charge in [-0.3, -0.25) is 0 Å². The summed E-state index contributed by atoms with van der Waals surface area (Å²) in [7, 11) is 0. The normalized spacial score (nSPS) is 15.9. The lowest BCUT2D eigenvalue weighted by molar-refractivity contribution is -0.109. The largest absolute Gasteiger partial charge is 0.303 e. The lowest BCUT2D eigenvalue weighted by Crippen LogP contribution is -2.01. The number of halogens is 1. The second kappa shape index (κ2) is 5.13. The molecule has 1 aromatic carbocycles. The van der Waals surface area contributed by atoms with E-state index in [-0.39, 0.29) is 5.92 Å². The van der Waals surface area contributed by atoms with Crippen molar-refractivity contribution in [3.8, 4) is 0 Å². The monoisotopic (exact) mass is 232 g/mol. The standard InChI is InChI=1S/C14H13ClO/c15-14-7-3-6-12(9-14)13(10-16)8-11-4-1-2-5-11/h1-4,6-7,9-10,13H,5,8H2. The van der Waals surface area contributed by atoms with Crippen molar-refractivity contribution in [1.29, 1.82) is 0 Å². The molecule has 2 heteroatoms.